The number of ether oxygens (including phenoxy) is 1. The van der Waals surface area contributed by atoms with Gasteiger partial charge in [-0.25, -0.2) is 30.3 Å². The van der Waals surface area contributed by atoms with Crippen LogP contribution >= 0.6 is 0 Å². The molecule has 0 bridgehead atoms. The summed E-state index contributed by atoms with van der Waals surface area (Å²) in [5.74, 6) is -2.35. The number of anilines is 1. The Hall–Kier alpha value is -2.50. The van der Waals surface area contributed by atoms with Gasteiger partial charge in [0.25, 0.3) is 0 Å². The van der Waals surface area contributed by atoms with E-state index in [1.54, 1.807) is 6.07 Å². The number of sulfonamides is 2. The largest absolute Gasteiger partial charge is 0.495 e. The SMILES string of the molecule is COc1ccc(N2C(=O)C(C)CS2(=O)=O)cc1S(=O)(=O)NCc1ccccc1F. The Labute approximate surface area is 168 Å². The van der Waals surface area contributed by atoms with Crippen LogP contribution in [0.4, 0.5) is 10.1 Å². The van der Waals surface area contributed by atoms with Gasteiger partial charge in [-0.2, -0.15) is 0 Å². The van der Waals surface area contributed by atoms with Gasteiger partial charge in [-0.1, -0.05) is 25.1 Å². The predicted octanol–water partition coefficient (Wildman–Crippen LogP) is 1.63. The van der Waals surface area contributed by atoms with E-state index in [1.165, 1.54) is 44.4 Å². The molecule has 156 valence electrons. The van der Waals surface area contributed by atoms with Crippen LogP contribution in [0.15, 0.2) is 47.4 Å². The highest BCUT2D eigenvalue weighted by Crippen LogP contribution is 2.33. The van der Waals surface area contributed by atoms with Gasteiger partial charge in [-0.15, -0.1) is 0 Å². The molecule has 1 heterocycles. The van der Waals surface area contributed by atoms with E-state index in [1.807, 2.05) is 0 Å². The zero-order chi connectivity index (χ0) is 21.4. The van der Waals surface area contributed by atoms with Crippen molar-refractivity contribution >= 4 is 31.6 Å². The Balaban J connectivity index is 1.99. The van der Waals surface area contributed by atoms with Gasteiger partial charge in [0, 0.05) is 12.1 Å². The molecule has 0 saturated carbocycles. The van der Waals surface area contributed by atoms with Gasteiger partial charge in [0.15, 0.2) is 0 Å². The summed E-state index contributed by atoms with van der Waals surface area (Å²) in [5.41, 5.74) is 0.0312. The highest BCUT2D eigenvalue weighted by molar-refractivity contribution is 7.94. The number of carbonyl (C=O) groups is 1. The van der Waals surface area contributed by atoms with Gasteiger partial charge >= 0.3 is 0 Å². The van der Waals surface area contributed by atoms with E-state index >= 15 is 0 Å². The lowest BCUT2D eigenvalue weighted by Gasteiger charge is -2.18. The zero-order valence-corrected chi connectivity index (χ0v) is 17.3. The maximum atomic E-state index is 13.8. The molecule has 1 atom stereocenters. The van der Waals surface area contributed by atoms with Gasteiger partial charge in [0.05, 0.1) is 24.5 Å². The van der Waals surface area contributed by atoms with Crippen molar-refractivity contribution in [1.29, 1.82) is 0 Å². The third kappa shape index (κ3) is 4.11. The molecule has 1 unspecified atom stereocenters. The molecule has 2 aromatic carbocycles. The molecule has 1 amide bonds. The number of nitrogens with one attached hydrogen (secondary N) is 1. The summed E-state index contributed by atoms with van der Waals surface area (Å²) in [6, 6.07) is 9.29. The van der Waals surface area contributed by atoms with Crippen molar-refractivity contribution in [3.05, 3.63) is 53.8 Å². The number of amides is 1. The fourth-order valence-corrected chi connectivity index (χ4v) is 5.99. The monoisotopic (exact) mass is 442 g/mol. The Kier molecular flexibility index (Phi) is 5.65. The van der Waals surface area contributed by atoms with Crippen molar-refractivity contribution in [2.75, 3.05) is 17.2 Å². The van der Waals surface area contributed by atoms with Crippen molar-refractivity contribution in [2.45, 2.75) is 18.4 Å². The molecular weight excluding hydrogens is 423 g/mol. The second-order valence-corrected chi connectivity index (χ2v) is 10.1. The zero-order valence-electron chi connectivity index (χ0n) is 15.6. The summed E-state index contributed by atoms with van der Waals surface area (Å²) in [4.78, 5) is 11.9. The smallest absolute Gasteiger partial charge is 0.244 e. The summed E-state index contributed by atoms with van der Waals surface area (Å²) in [5, 5.41) is 0. The number of rotatable bonds is 6. The number of halogens is 1. The first-order valence-corrected chi connectivity index (χ1v) is 11.6. The standard InChI is InChI=1S/C18H19FN2O6S2/c1-12-11-28(23,24)21(18(12)22)14-7-8-16(27-2)17(9-14)29(25,26)20-10-13-5-3-4-6-15(13)19/h3-9,12,20H,10-11H2,1-2H3. The van der Waals surface area contributed by atoms with E-state index in [-0.39, 0.29) is 34.2 Å². The molecule has 0 radical (unpaired) electrons. The van der Waals surface area contributed by atoms with E-state index in [0.29, 0.717) is 4.31 Å². The van der Waals surface area contributed by atoms with Crippen molar-refractivity contribution in [3.63, 3.8) is 0 Å². The molecule has 1 aliphatic rings. The lowest BCUT2D eigenvalue weighted by Crippen LogP contribution is -2.31. The van der Waals surface area contributed by atoms with Gasteiger partial charge in [-0.3, -0.25) is 4.79 Å². The molecular formula is C18H19FN2O6S2. The second-order valence-electron chi connectivity index (χ2n) is 6.53. The average molecular weight is 442 g/mol. The molecule has 8 nitrogen and oxygen atoms in total. The number of carbonyl (C=O) groups excluding carboxylic acids is 1. The molecule has 1 N–H and O–H groups in total. The molecule has 3 rings (SSSR count). The molecule has 0 aliphatic carbocycles. The van der Waals surface area contributed by atoms with Crippen LogP contribution < -0.4 is 13.8 Å². The Bertz CT molecular complexity index is 1160. The maximum absolute atomic E-state index is 13.8. The third-order valence-electron chi connectivity index (χ3n) is 4.44. The van der Waals surface area contributed by atoms with Crippen molar-refractivity contribution in [1.82, 2.24) is 4.72 Å². The normalized spacial score (nSPS) is 18.8. The molecule has 2 aromatic rings. The highest BCUT2D eigenvalue weighted by Gasteiger charge is 2.42. The number of benzene rings is 2. The van der Waals surface area contributed by atoms with Crippen molar-refractivity contribution in [3.8, 4) is 5.75 Å². The van der Waals surface area contributed by atoms with E-state index in [9.17, 15) is 26.0 Å². The third-order valence-corrected chi connectivity index (χ3v) is 7.73. The minimum Gasteiger partial charge on any atom is -0.495 e. The summed E-state index contributed by atoms with van der Waals surface area (Å²) >= 11 is 0. The Morgan fingerprint density at radius 2 is 1.93 bits per heavy atom. The van der Waals surface area contributed by atoms with Crippen molar-refractivity contribution in [2.24, 2.45) is 5.92 Å². The second kappa shape index (κ2) is 7.73. The topological polar surface area (TPSA) is 110 Å². The number of methoxy groups -OCH3 is 1. The first-order chi connectivity index (χ1) is 13.6. The lowest BCUT2D eigenvalue weighted by molar-refractivity contribution is -0.119. The van der Waals surface area contributed by atoms with E-state index in [4.69, 9.17) is 4.74 Å². The molecule has 0 aromatic heterocycles. The molecule has 29 heavy (non-hydrogen) atoms. The minimum absolute atomic E-state index is 0.0492. The highest BCUT2D eigenvalue weighted by atomic mass is 32.2. The van der Waals surface area contributed by atoms with Crippen LogP contribution in [0, 0.1) is 11.7 Å². The van der Waals surface area contributed by atoms with Gasteiger partial charge < -0.3 is 4.74 Å². The number of hydrogen-bond acceptors (Lipinski definition) is 6. The molecule has 11 heteroatoms. The lowest BCUT2D eigenvalue weighted by atomic mass is 10.2. The average Bonchev–Trinajstić information content (AvgIpc) is 2.87. The van der Waals surface area contributed by atoms with Crippen LogP contribution in [0.5, 0.6) is 5.75 Å². The van der Waals surface area contributed by atoms with Gasteiger partial charge in [0.1, 0.15) is 16.5 Å². The molecule has 0 spiro atoms. The van der Waals surface area contributed by atoms with Crippen LogP contribution in [0.1, 0.15) is 12.5 Å². The first kappa shape index (κ1) is 21.2. The summed E-state index contributed by atoms with van der Waals surface area (Å²) < 4.78 is 72.0. The van der Waals surface area contributed by atoms with E-state index < -0.39 is 37.7 Å². The quantitative estimate of drug-likeness (QED) is 0.728. The van der Waals surface area contributed by atoms with Crippen LogP contribution in [0.2, 0.25) is 0 Å². The number of nitrogens with zero attached hydrogens (tertiary/aromatic N) is 1. The van der Waals surface area contributed by atoms with Crippen LogP contribution in [-0.4, -0.2) is 35.6 Å². The van der Waals surface area contributed by atoms with Crippen LogP contribution in [0.3, 0.4) is 0 Å². The van der Waals surface area contributed by atoms with E-state index in [2.05, 4.69) is 4.72 Å². The Morgan fingerprint density at radius 3 is 2.52 bits per heavy atom. The van der Waals surface area contributed by atoms with Crippen molar-refractivity contribution < 1.29 is 30.8 Å². The van der Waals surface area contributed by atoms with Gasteiger partial charge in [-0.05, 0) is 24.3 Å². The fraction of sp³-hybridized carbons (Fsp3) is 0.278. The fourth-order valence-electron chi connectivity index (χ4n) is 2.98. The van der Waals surface area contributed by atoms with E-state index in [0.717, 1.165) is 6.07 Å². The molecule has 1 saturated heterocycles. The summed E-state index contributed by atoms with van der Waals surface area (Å²) in [7, 11) is -6.86. The molecule has 1 aliphatic heterocycles. The summed E-state index contributed by atoms with van der Waals surface area (Å²) in [6.07, 6.45) is 0. The molecule has 1 fully saturated rings. The van der Waals surface area contributed by atoms with Gasteiger partial charge in [0.2, 0.25) is 26.0 Å². The summed E-state index contributed by atoms with van der Waals surface area (Å²) in [6.45, 7) is 1.16. The minimum atomic E-state index is -4.21. The van der Waals surface area contributed by atoms with Crippen LogP contribution in [-0.2, 0) is 31.4 Å². The number of hydrogen-bond donors (Lipinski definition) is 1. The van der Waals surface area contributed by atoms with Crippen LogP contribution in [0.25, 0.3) is 0 Å². The Morgan fingerprint density at radius 1 is 1.24 bits per heavy atom. The first-order valence-electron chi connectivity index (χ1n) is 8.55. The maximum Gasteiger partial charge on any atom is 0.244 e. The predicted molar refractivity (Wildman–Crippen MR) is 104 cm³/mol.